The van der Waals surface area contributed by atoms with Crippen LogP contribution in [-0.2, 0) is 0 Å². The zero-order valence-corrected chi connectivity index (χ0v) is 17.6. The molecule has 1 aliphatic carbocycles. The summed E-state index contributed by atoms with van der Waals surface area (Å²) in [6, 6.07) is 9.39. The Balaban J connectivity index is 1.31. The van der Waals surface area contributed by atoms with Crippen molar-refractivity contribution in [1.29, 1.82) is 0 Å². The summed E-state index contributed by atoms with van der Waals surface area (Å²) >= 11 is 0. The number of ether oxygens (including phenoxy) is 2. The number of benzene rings is 1. The molecule has 3 aromatic rings. The van der Waals surface area contributed by atoms with E-state index in [-0.39, 0.29) is 6.04 Å². The summed E-state index contributed by atoms with van der Waals surface area (Å²) in [4.78, 5) is 11.1. The van der Waals surface area contributed by atoms with Crippen LogP contribution >= 0.6 is 0 Å². The highest BCUT2D eigenvalue weighted by atomic mass is 16.5. The average Bonchev–Trinajstić information content (AvgIpc) is 3.46. The van der Waals surface area contributed by atoms with E-state index in [0.717, 1.165) is 42.9 Å². The van der Waals surface area contributed by atoms with Gasteiger partial charge in [0.15, 0.2) is 0 Å². The molecule has 2 aliphatic rings. The van der Waals surface area contributed by atoms with Crippen molar-refractivity contribution in [3.8, 4) is 22.9 Å². The Morgan fingerprint density at radius 2 is 1.77 bits per heavy atom. The molecule has 1 aliphatic heterocycles. The molecule has 2 aromatic heterocycles. The molecule has 31 heavy (non-hydrogen) atoms. The topological polar surface area (TPSA) is 98.4 Å². The molecule has 1 N–H and O–H groups in total. The molecule has 1 aromatic carbocycles. The van der Waals surface area contributed by atoms with Crippen LogP contribution in [0.4, 0.5) is 5.95 Å². The molecule has 2 fully saturated rings. The second-order valence-electron chi connectivity index (χ2n) is 8.24. The van der Waals surface area contributed by atoms with Crippen LogP contribution < -0.4 is 14.4 Å². The first-order valence-electron chi connectivity index (χ1n) is 10.5. The maximum atomic E-state index is 10.9. The molecule has 0 radical (unpaired) electrons. The Morgan fingerprint density at radius 3 is 2.52 bits per heavy atom. The first-order chi connectivity index (χ1) is 15.1. The summed E-state index contributed by atoms with van der Waals surface area (Å²) < 4.78 is 12.3. The third-order valence-corrected chi connectivity index (χ3v) is 6.45. The second-order valence-corrected chi connectivity index (χ2v) is 8.24. The SMILES string of the molecule is COc1ccc(-c2cn([C@@H]3C[C@@H]4CN(c5nccc(OC)n5)C[C@@H]4C[C@H]3O)nn2)cc1. The number of fused-ring (bicyclic) bond motifs is 1. The maximum Gasteiger partial charge on any atom is 0.228 e. The van der Waals surface area contributed by atoms with Crippen molar-refractivity contribution < 1.29 is 14.6 Å². The first kappa shape index (κ1) is 19.7. The van der Waals surface area contributed by atoms with Crippen LogP contribution in [0.2, 0.25) is 0 Å². The lowest BCUT2D eigenvalue weighted by molar-refractivity contribution is 0.0299. The number of nitrogens with zero attached hydrogens (tertiary/aromatic N) is 6. The highest BCUT2D eigenvalue weighted by molar-refractivity contribution is 5.58. The summed E-state index contributed by atoms with van der Waals surface area (Å²) in [7, 11) is 3.25. The minimum Gasteiger partial charge on any atom is -0.497 e. The van der Waals surface area contributed by atoms with E-state index in [9.17, 15) is 5.11 Å². The quantitative estimate of drug-likeness (QED) is 0.668. The van der Waals surface area contributed by atoms with Crippen LogP contribution in [0.3, 0.4) is 0 Å². The second kappa shape index (κ2) is 8.14. The van der Waals surface area contributed by atoms with E-state index >= 15 is 0 Å². The van der Waals surface area contributed by atoms with Gasteiger partial charge >= 0.3 is 0 Å². The largest absolute Gasteiger partial charge is 0.497 e. The monoisotopic (exact) mass is 422 g/mol. The van der Waals surface area contributed by atoms with E-state index in [2.05, 4.69) is 25.2 Å². The maximum absolute atomic E-state index is 10.9. The van der Waals surface area contributed by atoms with Crippen LogP contribution in [0, 0.1) is 11.8 Å². The van der Waals surface area contributed by atoms with Gasteiger partial charge in [-0.3, -0.25) is 0 Å². The number of rotatable bonds is 5. The lowest BCUT2D eigenvalue weighted by Gasteiger charge is -2.34. The number of methoxy groups -OCH3 is 2. The van der Waals surface area contributed by atoms with Crippen molar-refractivity contribution in [2.24, 2.45) is 11.8 Å². The van der Waals surface area contributed by atoms with E-state index in [4.69, 9.17) is 9.47 Å². The van der Waals surface area contributed by atoms with Crippen LogP contribution in [0.15, 0.2) is 42.7 Å². The molecule has 0 unspecified atom stereocenters. The van der Waals surface area contributed by atoms with Gasteiger partial charge in [0.2, 0.25) is 11.8 Å². The molecule has 0 amide bonds. The molecule has 5 rings (SSSR count). The highest BCUT2D eigenvalue weighted by Crippen LogP contribution is 2.42. The standard InChI is InChI=1S/C22H26N6O3/c1-30-17-5-3-14(4-6-17)18-13-28(26-25-18)19-9-15-11-27(12-16(15)10-20(19)29)22-23-8-7-21(24-22)31-2/h3-8,13,15-16,19-20,29H,9-12H2,1-2H3/t15-,16+,19-,20-/m1/s1. The molecule has 1 saturated carbocycles. The normalized spacial score (nSPS) is 25.3. The van der Waals surface area contributed by atoms with Crippen molar-refractivity contribution in [3.63, 3.8) is 0 Å². The summed E-state index contributed by atoms with van der Waals surface area (Å²) in [5.74, 6) is 2.90. The van der Waals surface area contributed by atoms with Gasteiger partial charge in [-0.25, -0.2) is 9.67 Å². The number of hydrogen-bond acceptors (Lipinski definition) is 8. The zero-order valence-electron chi connectivity index (χ0n) is 17.6. The Bertz CT molecular complexity index is 1040. The van der Waals surface area contributed by atoms with Crippen molar-refractivity contribution in [2.45, 2.75) is 25.0 Å². The van der Waals surface area contributed by atoms with Gasteiger partial charge < -0.3 is 19.5 Å². The summed E-state index contributed by atoms with van der Waals surface area (Å²) in [6.07, 6.45) is 4.76. The number of aliphatic hydroxyl groups is 1. The predicted molar refractivity (Wildman–Crippen MR) is 114 cm³/mol. The Morgan fingerprint density at radius 1 is 1.00 bits per heavy atom. The molecule has 9 nitrogen and oxygen atoms in total. The number of hydrogen-bond donors (Lipinski definition) is 1. The third kappa shape index (κ3) is 3.81. The molecule has 0 bridgehead atoms. The van der Waals surface area contributed by atoms with Gasteiger partial charge in [-0.1, -0.05) is 5.21 Å². The van der Waals surface area contributed by atoms with Gasteiger partial charge in [0.1, 0.15) is 11.4 Å². The van der Waals surface area contributed by atoms with Gasteiger partial charge in [0, 0.05) is 30.9 Å². The Hall–Kier alpha value is -3.20. The fourth-order valence-corrected chi connectivity index (χ4v) is 4.79. The van der Waals surface area contributed by atoms with Gasteiger partial charge in [0.25, 0.3) is 0 Å². The van der Waals surface area contributed by atoms with Gasteiger partial charge in [0.05, 0.1) is 32.6 Å². The molecular formula is C22H26N6O3. The average molecular weight is 422 g/mol. The number of aliphatic hydroxyl groups excluding tert-OH is 1. The van der Waals surface area contributed by atoms with Crippen molar-refractivity contribution in [3.05, 3.63) is 42.7 Å². The molecule has 3 heterocycles. The molecular weight excluding hydrogens is 396 g/mol. The summed E-state index contributed by atoms with van der Waals surface area (Å²) in [5, 5.41) is 19.6. The Kier molecular flexibility index (Phi) is 5.19. The minimum atomic E-state index is -0.460. The Labute approximate surface area is 180 Å². The molecule has 4 atom stereocenters. The smallest absolute Gasteiger partial charge is 0.228 e. The summed E-state index contributed by atoms with van der Waals surface area (Å²) in [5.41, 5.74) is 1.76. The van der Waals surface area contributed by atoms with Crippen molar-refractivity contribution in [1.82, 2.24) is 25.0 Å². The lowest BCUT2D eigenvalue weighted by Crippen LogP contribution is -2.36. The molecule has 1 saturated heterocycles. The van der Waals surface area contributed by atoms with Gasteiger partial charge in [-0.15, -0.1) is 5.10 Å². The number of aromatic nitrogens is 5. The fourth-order valence-electron chi connectivity index (χ4n) is 4.79. The van der Waals surface area contributed by atoms with Crippen LogP contribution in [0.25, 0.3) is 11.3 Å². The van der Waals surface area contributed by atoms with Crippen LogP contribution in [0.1, 0.15) is 18.9 Å². The molecule has 162 valence electrons. The zero-order chi connectivity index (χ0) is 21.4. The van der Waals surface area contributed by atoms with E-state index in [1.807, 2.05) is 35.1 Å². The molecule has 9 heteroatoms. The highest BCUT2D eigenvalue weighted by Gasteiger charge is 2.43. The van der Waals surface area contributed by atoms with Crippen LogP contribution in [0.5, 0.6) is 11.6 Å². The molecule has 0 spiro atoms. The number of anilines is 1. The summed E-state index contributed by atoms with van der Waals surface area (Å²) in [6.45, 7) is 1.71. The predicted octanol–water partition coefficient (Wildman–Crippen LogP) is 2.20. The third-order valence-electron chi connectivity index (χ3n) is 6.45. The van der Waals surface area contributed by atoms with Gasteiger partial charge in [-0.05, 0) is 48.9 Å². The van der Waals surface area contributed by atoms with Crippen molar-refractivity contribution >= 4 is 5.95 Å². The lowest BCUT2D eigenvalue weighted by atomic mass is 9.77. The van der Waals surface area contributed by atoms with Gasteiger partial charge in [-0.2, -0.15) is 4.98 Å². The van der Waals surface area contributed by atoms with Crippen molar-refractivity contribution in [2.75, 3.05) is 32.2 Å². The van der Waals surface area contributed by atoms with E-state index in [1.54, 1.807) is 26.5 Å². The van der Waals surface area contributed by atoms with E-state index in [0.29, 0.717) is 23.7 Å². The van der Waals surface area contributed by atoms with E-state index < -0.39 is 6.10 Å². The van der Waals surface area contributed by atoms with Crippen LogP contribution in [-0.4, -0.2) is 63.5 Å². The first-order valence-corrected chi connectivity index (χ1v) is 10.5. The fraction of sp³-hybridized carbons (Fsp3) is 0.455. The minimum absolute atomic E-state index is 0.0908. The van der Waals surface area contributed by atoms with E-state index in [1.165, 1.54) is 0 Å².